The highest BCUT2D eigenvalue weighted by atomic mass is 16.6. The molecule has 1 saturated heterocycles. The summed E-state index contributed by atoms with van der Waals surface area (Å²) in [5, 5.41) is 0. The van der Waals surface area contributed by atoms with E-state index in [0.29, 0.717) is 12.0 Å². The van der Waals surface area contributed by atoms with E-state index in [-0.39, 0.29) is 17.8 Å². The molecule has 5 heteroatoms. The van der Waals surface area contributed by atoms with Crippen molar-refractivity contribution in [3.63, 3.8) is 0 Å². The van der Waals surface area contributed by atoms with Crippen LogP contribution in [0.5, 0.6) is 0 Å². The molecule has 0 spiro atoms. The van der Waals surface area contributed by atoms with E-state index in [9.17, 15) is 14.4 Å². The SMILES string of the molecule is CCOC(=O)[C@]12C(=O)OC(C)(C)[C@@H]1[C@]2(CC)C(=O)c1ccc(C(C)(C)C)cc1. The van der Waals surface area contributed by atoms with Gasteiger partial charge in [0.2, 0.25) is 0 Å². The van der Waals surface area contributed by atoms with Gasteiger partial charge in [0, 0.05) is 11.5 Å². The normalized spacial score (nSPS) is 30.4. The van der Waals surface area contributed by atoms with Gasteiger partial charge in [0.05, 0.1) is 12.0 Å². The fourth-order valence-electron chi connectivity index (χ4n) is 5.29. The zero-order valence-electron chi connectivity index (χ0n) is 17.8. The summed E-state index contributed by atoms with van der Waals surface area (Å²) in [6.45, 7) is 13.6. The minimum atomic E-state index is -1.54. The van der Waals surface area contributed by atoms with E-state index >= 15 is 0 Å². The molecule has 0 amide bonds. The maximum Gasteiger partial charge on any atom is 0.325 e. The van der Waals surface area contributed by atoms with Crippen molar-refractivity contribution in [2.75, 3.05) is 6.61 Å². The molecule has 2 fully saturated rings. The van der Waals surface area contributed by atoms with E-state index in [1.165, 1.54) is 0 Å². The molecule has 5 nitrogen and oxygen atoms in total. The minimum absolute atomic E-state index is 0.0297. The van der Waals surface area contributed by atoms with E-state index in [0.717, 1.165) is 5.56 Å². The van der Waals surface area contributed by atoms with Crippen molar-refractivity contribution in [3.8, 4) is 0 Å². The lowest BCUT2D eigenvalue weighted by Gasteiger charge is -2.28. The Morgan fingerprint density at radius 2 is 1.68 bits per heavy atom. The summed E-state index contributed by atoms with van der Waals surface area (Å²) in [7, 11) is 0. The Balaban J connectivity index is 2.08. The van der Waals surface area contributed by atoms with Crippen LogP contribution in [-0.2, 0) is 24.5 Å². The molecule has 3 rings (SSSR count). The predicted molar refractivity (Wildman–Crippen MR) is 105 cm³/mol. The van der Waals surface area contributed by atoms with Crippen molar-refractivity contribution < 1.29 is 23.9 Å². The lowest BCUT2D eigenvalue weighted by atomic mass is 9.80. The summed E-state index contributed by atoms with van der Waals surface area (Å²) >= 11 is 0. The van der Waals surface area contributed by atoms with Crippen molar-refractivity contribution in [3.05, 3.63) is 35.4 Å². The third-order valence-electron chi connectivity index (χ3n) is 6.49. The van der Waals surface area contributed by atoms with Crippen LogP contribution < -0.4 is 0 Å². The van der Waals surface area contributed by atoms with Crippen LogP contribution in [0.15, 0.2) is 24.3 Å². The Morgan fingerprint density at radius 3 is 2.14 bits per heavy atom. The number of carbonyl (C=O) groups is 3. The van der Waals surface area contributed by atoms with Crippen molar-refractivity contribution in [2.24, 2.45) is 16.7 Å². The highest BCUT2D eigenvalue weighted by molar-refractivity contribution is 6.19. The first-order valence-corrected chi connectivity index (χ1v) is 9.97. The molecular weight excluding hydrogens is 356 g/mol. The fraction of sp³-hybridized carbons (Fsp3) is 0.609. The number of hydrogen-bond acceptors (Lipinski definition) is 5. The van der Waals surface area contributed by atoms with Crippen molar-refractivity contribution in [2.45, 2.75) is 65.9 Å². The molecule has 0 aromatic heterocycles. The van der Waals surface area contributed by atoms with E-state index in [4.69, 9.17) is 9.47 Å². The van der Waals surface area contributed by atoms with Gasteiger partial charge in [0.15, 0.2) is 11.2 Å². The maximum atomic E-state index is 13.7. The predicted octanol–water partition coefficient (Wildman–Crippen LogP) is 4.08. The average Bonchev–Trinajstić information content (AvgIpc) is 3.21. The second-order valence-corrected chi connectivity index (χ2v) is 9.44. The smallest absolute Gasteiger partial charge is 0.325 e. The Kier molecular flexibility index (Phi) is 4.53. The summed E-state index contributed by atoms with van der Waals surface area (Å²) in [5.41, 5.74) is -1.97. The first-order valence-electron chi connectivity index (χ1n) is 9.97. The number of carbonyl (C=O) groups excluding carboxylic acids is 3. The molecule has 152 valence electrons. The molecule has 1 saturated carbocycles. The van der Waals surface area contributed by atoms with Crippen LogP contribution in [0.2, 0.25) is 0 Å². The van der Waals surface area contributed by atoms with Crippen LogP contribution in [0.4, 0.5) is 0 Å². The number of esters is 2. The largest absolute Gasteiger partial charge is 0.465 e. The van der Waals surface area contributed by atoms with Crippen LogP contribution in [-0.4, -0.2) is 29.9 Å². The van der Waals surface area contributed by atoms with Gasteiger partial charge in [0.25, 0.3) is 0 Å². The first-order chi connectivity index (χ1) is 12.9. The third kappa shape index (κ3) is 2.41. The second-order valence-electron chi connectivity index (χ2n) is 9.44. The molecule has 0 radical (unpaired) electrons. The first kappa shape index (κ1) is 20.6. The minimum Gasteiger partial charge on any atom is -0.465 e. The van der Waals surface area contributed by atoms with Gasteiger partial charge in [-0.25, -0.2) is 0 Å². The Bertz CT molecular complexity index is 830. The molecule has 2 aliphatic rings. The number of benzene rings is 1. The van der Waals surface area contributed by atoms with Crippen LogP contribution in [0.25, 0.3) is 0 Å². The summed E-state index contributed by atoms with van der Waals surface area (Å²) in [4.78, 5) is 39.5. The van der Waals surface area contributed by atoms with Gasteiger partial charge >= 0.3 is 11.9 Å². The topological polar surface area (TPSA) is 69.7 Å². The zero-order valence-corrected chi connectivity index (χ0v) is 17.8. The molecule has 1 heterocycles. The van der Waals surface area contributed by atoms with Gasteiger partial charge in [0.1, 0.15) is 5.60 Å². The summed E-state index contributed by atoms with van der Waals surface area (Å²) < 4.78 is 10.7. The van der Waals surface area contributed by atoms with Crippen molar-refractivity contribution >= 4 is 17.7 Å². The van der Waals surface area contributed by atoms with E-state index in [1.807, 2.05) is 19.1 Å². The van der Waals surface area contributed by atoms with Gasteiger partial charge in [-0.3, -0.25) is 14.4 Å². The number of ether oxygens (including phenoxy) is 2. The third-order valence-corrected chi connectivity index (χ3v) is 6.49. The highest BCUT2D eigenvalue weighted by Gasteiger charge is 2.95. The van der Waals surface area contributed by atoms with E-state index < -0.39 is 34.3 Å². The van der Waals surface area contributed by atoms with Gasteiger partial charge in [-0.1, -0.05) is 52.0 Å². The van der Waals surface area contributed by atoms with Crippen molar-refractivity contribution in [1.82, 2.24) is 0 Å². The summed E-state index contributed by atoms with van der Waals surface area (Å²) in [5.74, 6) is -1.99. The van der Waals surface area contributed by atoms with Crippen LogP contribution >= 0.6 is 0 Å². The summed E-state index contributed by atoms with van der Waals surface area (Å²) in [6.07, 6.45) is 0.370. The highest BCUT2D eigenvalue weighted by Crippen LogP contribution is 2.80. The fourth-order valence-corrected chi connectivity index (χ4v) is 5.29. The number of fused-ring (bicyclic) bond motifs is 1. The van der Waals surface area contributed by atoms with E-state index in [1.54, 1.807) is 32.9 Å². The molecule has 1 aliphatic heterocycles. The van der Waals surface area contributed by atoms with E-state index in [2.05, 4.69) is 20.8 Å². The Labute approximate surface area is 166 Å². The summed E-state index contributed by atoms with van der Waals surface area (Å²) in [6, 6.07) is 7.47. The van der Waals surface area contributed by atoms with Gasteiger partial charge in [-0.15, -0.1) is 0 Å². The molecule has 28 heavy (non-hydrogen) atoms. The number of ketones is 1. The molecular formula is C23H30O5. The van der Waals surface area contributed by atoms with Crippen LogP contribution in [0.1, 0.15) is 70.8 Å². The molecule has 0 unspecified atom stereocenters. The molecule has 1 aromatic rings. The Morgan fingerprint density at radius 1 is 1.11 bits per heavy atom. The quantitative estimate of drug-likeness (QED) is 0.433. The molecule has 3 atom stereocenters. The lowest BCUT2D eigenvalue weighted by molar-refractivity contribution is -0.166. The van der Waals surface area contributed by atoms with Gasteiger partial charge < -0.3 is 9.47 Å². The standard InChI is InChI=1S/C23H30O5/c1-8-22(16(24)14-10-12-15(13-11-14)20(3,4)5)17-21(6,7)28-19(26)23(17,22)18(25)27-9-2/h10-13,17H,8-9H2,1-7H3/t17-,22+,23+/m1/s1. The maximum absolute atomic E-state index is 13.7. The number of rotatable bonds is 5. The molecule has 0 bridgehead atoms. The zero-order chi connectivity index (χ0) is 21.1. The van der Waals surface area contributed by atoms with Gasteiger partial charge in [-0.2, -0.15) is 0 Å². The molecule has 0 N–H and O–H groups in total. The Hall–Kier alpha value is -2.17. The molecule has 1 aliphatic carbocycles. The monoisotopic (exact) mass is 386 g/mol. The van der Waals surface area contributed by atoms with Crippen molar-refractivity contribution in [1.29, 1.82) is 0 Å². The van der Waals surface area contributed by atoms with Crippen LogP contribution in [0.3, 0.4) is 0 Å². The number of hydrogen-bond donors (Lipinski definition) is 0. The second kappa shape index (κ2) is 6.16. The van der Waals surface area contributed by atoms with Crippen LogP contribution in [0, 0.1) is 16.7 Å². The number of Topliss-reactive ketones (excluding diaryl/α,β-unsaturated/α-hetero) is 1. The number of cyclic esters (lactones) is 1. The average molecular weight is 386 g/mol. The van der Waals surface area contributed by atoms with Gasteiger partial charge in [-0.05, 0) is 38.2 Å². The lowest BCUT2D eigenvalue weighted by Crippen LogP contribution is -2.40. The molecule has 1 aromatic carbocycles.